The van der Waals surface area contributed by atoms with Gasteiger partial charge in [0.15, 0.2) is 6.61 Å². The van der Waals surface area contributed by atoms with Crippen molar-refractivity contribution < 1.29 is 13.7 Å². The predicted molar refractivity (Wildman–Crippen MR) is 73.2 cm³/mol. The van der Waals surface area contributed by atoms with E-state index in [0.717, 1.165) is 0 Å². The minimum atomic E-state index is -0.873. The van der Waals surface area contributed by atoms with Crippen LogP contribution in [0.15, 0.2) is 24.3 Å². The molecule has 1 aromatic rings. The molecule has 1 amide bonds. The molecule has 0 aliphatic rings. The first-order chi connectivity index (χ1) is 9.15. The maximum Gasteiger partial charge on any atom is 0.257 e. The number of rotatable bonds is 7. The molecule has 6 heteroatoms. The normalized spacial score (nSPS) is 11.4. The summed E-state index contributed by atoms with van der Waals surface area (Å²) in [5.41, 5.74) is 0.541. The van der Waals surface area contributed by atoms with E-state index >= 15 is 0 Å². The highest BCUT2D eigenvalue weighted by molar-refractivity contribution is 7.84. The first-order valence-corrected chi connectivity index (χ1v) is 7.39. The molecule has 0 aliphatic heterocycles. The van der Waals surface area contributed by atoms with Crippen LogP contribution in [0.25, 0.3) is 0 Å². The minimum Gasteiger partial charge on any atom is -0.484 e. The number of nitrogens with zero attached hydrogens (tertiary/aromatic N) is 1. The highest BCUT2D eigenvalue weighted by atomic mass is 32.2. The van der Waals surface area contributed by atoms with Crippen molar-refractivity contribution in [2.75, 3.05) is 24.7 Å². The number of benzene rings is 1. The molecule has 0 fully saturated rings. The quantitative estimate of drug-likeness (QED) is 0.802. The van der Waals surface area contributed by atoms with Crippen molar-refractivity contribution in [3.8, 4) is 11.8 Å². The molecule has 1 rings (SSSR count). The lowest BCUT2D eigenvalue weighted by Gasteiger charge is -2.07. The summed E-state index contributed by atoms with van der Waals surface area (Å²) in [6, 6.07) is 8.52. The van der Waals surface area contributed by atoms with Crippen molar-refractivity contribution in [3.63, 3.8) is 0 Å². The SMILES string of the molecule is CCS(=O)CCNC(=O)COc1ccc(C#N)cc1. The van der Waals surface area contributed by atoms with E-state index in [-0.39, 0.29) is 12.5 Å². The summed E-state index contributed by atoms with van der Waals surface area (Å²) >= 11 is 0. The Morgan fingerprint density at radius 3 is 2.68 bits per heavy atom. The third-order valence-corrected chi connectivity index (χ3v) is 3.63. The number of nitriles is 1. The molecule has 19 heavy (non-hydrogen) atoms. The monoisotopic (exact) mass is 280 g/mol. The number of nitrogens with one attached hydrogen (secondary N) is 1. The Hall–Kier alpha value is -1.87. The zero-order valence-electron chi connectivity index (χ0n) is 10.7. The molecule has 102 valence electrons. The summed E-state index contributed by atoms with van der Waals surface area (Å²) < 4.78 is 16.4. The van der Waals surface area contributed by atoms with Crippen molar-refractivity contribution in [1.82, 2.24) is 5.32 Å². The first kappa shape index (κ1) is 15.2. The van der Waals surface area contributed by atoms with Gasteiger partial charge in [-0.1, -0.05) is 6.92 Å². The van der Waals surface area contributed by atoms with Gasteiger partial charge in [-0.25, -0.2) is 0 Å². The maximum absolute atomic E-state index is 11.4. The Labute approximate surface area is 115 Å². The van der Waals surface area contributed by atoms with E-state index in [1.165, 1.54) is 0 Å². The highest BCUT2D eigenvalue weighted by Crippen LogP contribution is 2.10. The fraction of sp³-hybridized carbons (Fsp3) is 0.385. The standard InChI is InChI=1S/C13H16N2O3S/c1-2-19(17)8-7-15-13(16)10-18-12-5-3-11(9-14)4-6-12/h3-6H,2,7-8,10H2,1H3,(H,15,16). The number of hydrogen-bond donors (Lipinski definition) is 1. The second-order valence-corrected chi connectivity index (χ2v) is 5.57. The van der Waals surface area contributed by atoms with Crippen LogP contribution in [0.4, 0.5) is 0 Å². The fourth-order valence-corrected chi connectivity index (χ4v) is 1.89. The van der Waals surface area contributed by atoms with Crippen LogP contribution in [0.3, 0.4) is 0 Å². The van der Waals surface area contributed by atoms with Crippen molar-refractivity contribution >= 4 is 16.7 Å². The summed E-state index contributed by atoms with van der Waals surface area (Å²) in [4.78, 5) is 11.4. The number of carbonyl (C=O) groups is 1. The van der Waals surface area contributed by atoms with Gasteiger partial charge in [0.05, 0.1) is 11.6 Å². The fourth-order valence-electron chi connectivity index (χ4n) is 1.27. The molecular weight excluding hydrogens is 264 g/mol. The van der Waals surface area contributed by atoms with Crippen LogP contribution in [0.1, 0.15) is 12.5 Å². The highest BCUT2D eigenvalue weighted by Gasteiger charge is 2.03. The number of hydrogen-bond acceptors (Lipinski definition) is 4. The van der Waals surface area contributed by atoms with Gasteiger partial charge in [0.25, 0.3) is 5.91 Å². The van der Waals surface area contributed by atoms with Crippen LogP contribution >= 0.6 is 0 Å². The Balaban J connectivity index is 2.26. The van der Waals surface area contributed by atoms with E-state index in [1.807, 2.05) is 13.0 Å². The van der Waals surface area contributed by atoms with Crippen LogP contribution in [-0.2, 0) is 15.6 Å². The van der Waals surface area contributed by atoms with Crippen LogP contribution in [0.5, 0.6) is 5.75 Å². The molecule has 0 spiro atoms. The molecule has 0 saturated carbocycles. The zero-order valence-corrected chi connectivity index (χ0v) is 11.5. The summed E-state index contributed by atoms with van der Waals surface area (Å²) in [5, 5.41) is 11.3. The minimum absolute atomic E-state index is 0.0926. The Morgan fingerprint density at radius 1 is 1.42 bits per heavy atom. The van der Waals surface area contributed by atoms with E-state index in [4.69, 9.17) is 10.00 Å². The van der Waals surface area contributed by atoms with Crippen molar-refractivity contribution in [1.29, 1.82) is 5.26 Å². The van der Waals surface area contributed by atoms with Gasteiger partial charge in [0, 0.05) is 28.9 Å². The van der Waals surface area contributed by atoms with Crippen LogP contribution in [0.2, 0.25) is 0 Å². The van der Waals surface area contributed by atoms with E-state index in [0.29, 0.717) is 29.4 Å². The summed E-state index contributed by atoms with van der Waals surface area (Å²) in [7, 11) is -0.873. The van der Waals surface area contributed by atoms with Gasteiger partial charge in [0.2, 0.25) is 0 Å². The zero-order chi connectivity index (χ0) is 14.1. The topological polar surface area (TPSA) is 79.2 Å². The van der Waals surface area contributed by atoms with Crippen molar-refractivity contribution in [3.05, 3.63) is 29.8 Å². The lowest BCUT2D eigenvalue weighted by Crippen LogP contribution is -2.32. The maximum atomic E-state index is 11.4. The molecule has 0 radical (unpaired) electrons. The van der Waals surface area contributed by atoms with Gasteiger partial charge in [-0.3, -0.25) is 9.00 Å². The average Bonchev–Trinajstić information content (AvgIpc) is 2.45. The molecule has 1 aromatic carbocycles. The predicted octanol–water partition coefficient (Wildman–Crippen LogP) is 0.822. The van der Waals surface area contributed by atoms with Crippen LogP contribution < -0.4 is 10.1 Å². The molecule has 1 unspecified atom stereocenters. The number of carbonyl (C=O) groups excluding carboxylic acids is 1. The second kappa shape index (κ2) is 8.27. The van der Waals surface area contributed by atoms with E-state index < -0.39 is 10.8 Å². The van der Waals surface area contributed by atoms with Crippen molar-refractivity contribution in [2.45, 2.75) is 6.92 Å². The summed E-state index contributed by atoms with van der Waals surface area (Å²) in [6.45, 7) is 2.13. The van der Waals surface area contributed by atoms with E-state index in [1.54, 1.807) is 24.3 Å². The van der Waals surface area contributed by atoms with Gasteiger partial charge in [-0.05, 0) is 24.3 Å². The molecular formula is C13H16N2O3S. The van der Waals surface area contributed by atoms with E-state index in [2.05, 4.69) is 5.32 Å². The Bertz CT molecular complexity index is 480. The molecule has 5 nitrogen and oxygen atoms in total. The van der Waals surface area contributed by atoms with E-state index in [9.17, 15) is 9.00 Å². The molecule has 1 N–H and O–H groups in total. The lowest BCUT2D eigenvalue weighted by atomic mass is 10.2. The van der Waals surface area contributed by atoms with Crippen molar-refractivity contribution in [2.24, 2.45) is 0 Å². The van der Waals surface area contributed by atoms with Crippen LogP contribution in [0, 0.1) is 11.3 Å². The van der Waals surface area contributed by atoms with Gasteiger partial charge in [0.1, 0.15) is 5.75 Å². The molecule has 0 saturated heterocycles. The third-order valence-electron chi connectivity index (χ3n) is 2.33. The Kier molecular flexibility index (Phi) is 6.61. The molecule has 0 heterocycles. The second-order valence-electron chi connectivity index (χ2n) is 3.71. The molecule has 1 atom stereocenters. The lowest BCUT2D eigenvalue weighted by molar-refractivity contribution is -0.122. The molecule has 0 aliphatic carbocycles. The van der Waals surface area contributed by atoms with Gasteiger partial charge >= 0.3 is 0 Å². The van der Waals surface area contributed by atoms with Gasteiger partial charge < -0.3 is 10.1 Å². The van der Waals surface area contributed by atoms with Crippen LogP contribution in [-0.4, -0.2) is 34.8 Å². The first-order valence-electron chi connectivity index (χ1n) is 5.90. The number of ether oxygens (including phenoxy) is 1. The third kappa shape index (κ3) is 6.02. The smallest absolute Gasteiger partial charge is 0.257 e. The van der Waals surface area contributed by atoms with Gasteiger partial charge in [-0.2, -0.15) is 5.26 Å². The molecule has 0 aromatic heterocycles. The van der Waals surface area contributed by atoms with Gasteiger partial charge in [-0.15, -0.1) is 0 Å². The Morgan fingerprint density at radius 2 is 2.11 bits per heavy atom. The average molecular weight is 280 g/mol. The summed E-state index contributed by atoms with van der Waals surface area (Å²) in [5.74, 6) is 1.33. The summed E-state index contributed by atoms with van der Waals surface area (Å²) in [6.07, 6.45) is 0. The largest absolute Gasteiger partial charge is 0.484 e. The number of amides is 1. The molecule has 0 bridgehead atoms.